The fourth-order valence-electron chi connectivity index (χ4n) is 4.74. The third kappa shape index (κ3) is 4.03. The number of nitrogens with one attached hydrogen (secondary N) is 1. The van der Waals surface area contributed by atoms with E-state index in [1.807, 2.05) is 35.2 Å². The Morgan fingerprint density at radius 1 is 1.16 bits per heavy atom. The van der Waals surface area contributed by atoms with E-state index in [9.17, 15) is 4.79 Å². The molecule has 0 radical (unpaired) electrons. The number of likely N-dealkylation sites (tertiary alicyclic amines) is 2. The van der Waals surface area contributed by atoms with Crippen LogP contribution in [0.25, 0.3) is 11.4 Å². The highest BCUT2D eigenvalue weighted by molar-refractivity contribution is 5.75. The summed E-state index contributed by atoms with van der Waals surface area (Å²) in [5.41, 5.74) is 2.22. The largest absolute Gasteiger partial charge is 0.338 e. The first kappa shape index (κ1) is 19.7. The molecule has 2 fully saturated rings. The summed E-state index contributed by atoms with van der Waals surface area (Å²) in [6, 6.07) is 14.0. The van der Waals surface area contributed by atoms with Crippen LogP contribution in [0.15, 0.2) is 59.4 Å². The molecule has 0 aliphatic carbocycles. The quantitative estimate of drug-likeness (QED) is 0.686. The van der Waals surface area contributed by atoms with E-state index in [4.69, 9.17) is 4.52 Å². The average Bonchev–Trinajstić information content (AvgIpc) is 3.39. The Balaban J connectivity index is 1.15. The zero-order valence-electron chi connectivity index (χ0n) is 17.6. The predicted molar refractivity (Wildman–Crippen MR) is 115 cm³/mol. The van der Waals surface area contributed by atoms with Crippen molar-refractivity contribution >= 4 is 6.03 Å². The summed E-state index contributed by atoms with van der Waals surface area (Å²) in [6.07, 6.45) is 5.19. The van der Waals surface area contributed by atoms with Crippen molar-refractivity contribution in [3.8, 4) is 11.4 Å². The topological polar surface area (TPSA) is 87.4 Å². The summed E-state index contributed by atoms with van der Waals surface area (Å²) in [5, 5.41) is 7.19. The van der Waals surface area contributed by atoms with E-state index in [2.05, 4.69) is 44.5 Å². The standard InChI is InChI=1S/C23H26N6O2/c1-28-14-23(13-19(28)21-26-20(27-31-21)18-8-10-24-11-9-18)15-29(16-23)22(30)25-12-7-17-5-3-2-4-6-17/h2-6,8-11,19H,7,12-16H2,1H3,(H,25,30). The van der Waals surface area contributed by atoms with E-state index in [-0.39, 0.29) is 17.5 Å². The van der Waals surface area contributed by atoms with Crippen LogP contribution in [-0.2, 0) is 6.42 Å². The van der Waals surface area contributed by atoms with Gasteiger partial charge < -0.3 is 14.7 Å². The Bertz CT molecular complexity index is 1030. The number of aromatic nitrogens is 3. The van der Waals surface area contributed by atoms with Crippen molar-refractivity contribution in [3.05, 3.63) is 66.3 Å². The third-order valence-corrected chi connectivity index (χ3v) is 6.28. The lowest BCUT2D eigenvalue weighted by Crippen LogP contribution is -2.61. The number of hydrogen-bond acceptors (Lipinski definition) is 6. The highest BCUT2D eigenvalue weighted by Gasteiger charge is 2.53. The number of urea groups is 1. The van der Waals surface area contributed by atoms with Crippen LogP contribution in [0.2, 0.25) is 0 Å². The maximum absolute atomic E-state index is 12.5. The van der Waals surface area contributed by atoms with Gasteiger partial charge in [-0.2, -0.15) is 4.98 Å². The maximum Gasteiger partial charge on any atom is 0.317 e. The number of hydrogen-bond donors (Lipinski definition) is 1. The summed E-state index contributed by atoms with van der Waals surface area (Å²) in [6.45, 7) is 3.08. The molecule has 1 spiro atoms. The van der Waals surface area contributed by atoms with Crippen molar-refractivity contribution in [2.75, 3.05) is 33.2 Å². The number of carbonyl (C=O) groups excluding carboxylic acids is 1. The Labute approximate surface area is 181 Å². The first-order valence-electron chi connectivity index (χ1n) is 10.6. The lowest BCUT2D eigenvalue weighted by molar-refractivity contribution is 0.0403. The van der Waals surface area contributed by atoms with E-state index >= 15 is 0 Å². The molecular formula is C23H26N6O2. The normalized spacial score (nSPS) is 20.0. The molecule has 5 rings (SSSR count). The van der Waals surface area contributed by atoms with Crippen LogP contribution in [0.4, 0.5) is 4.79 Å². The summed E-state index contributed by atoms with van der Waals surface area (Å²) < 4.78 is 5.59. The van der Waals surface area contributed by atoms with Gasteiger partial charge in [-0.3, -0.25) is 9.88 Å². The number of pyridine rings is 1. The van der Waals surface area contributed by atoms with Gasteiger partial charge in [0.25, 0.3) is 0 Å². The van der Waals surface area contributed by atoms with Crippen LogP contribution in [0, 0.1) is 5.41 Å². The zero-order chi connectivity index (χ0) is 21.3. The van der Waals surface area contributed by atoms with Crippen LogP contribution in [0.5, 0.6) is 0 Å². The summed E-state index contributed by atoms with van der Waals surface area (Å²) in [7, 11) is 2.08. The number of amides is 2. The lowest BCUT2D eigenvalue weighted by atomic mass is 9.78. The van der Waals surface area contributed by atoms with Gasteiger partial charge in [-0.15, -0.1) is 0 Å². The van der Waals surface area contributed by atoms with E-state index in [1.165, 1.54) is 5.56 Å². The van der Waals surface area contributed by atoms with Gasteiger partial charge in [-0.1, -0.05) is 35.5 Å². The van der Waals surface area contributed by atoms with Crippen LogP contribution < -0.4 is 5.32 Å². The SMILES string of the molecule is CN1CC2(CC1c1nc(-c3ccncc3)no1)CN(C(=O)NCCc1ccccc1)C2. The minimum Gasteiger partial charge on any atom is -0.338 e. The van der Waals surface area contributed by atoms with Crippen molar-refractivity contribution in [1.29, 1.82) is 0 Å². The lowest BCUT2D eigenvalue weighted by Gasteiger charge is -2.47. The van der Waals surface area contributed by atoms with Gasteiger partial charge in [0.2, 0.25) is 11.7 Å². The number of benzene rings is 1. The summed E-state index contributed by atoms with van der Waals surface area (Å²) >= 11 is 0. The van der Waals surface area contributed by atoms with Gasteiger partial charge in [-0.25, -0.2) is 4.79 Å². The maximum atomic E-state index is 12.5. The molecule has 2 aliphatic heterocycles. The second kappa shape index (κ2) is 8.11. The predicted octanol–water partition coefficient (Wildman–Crippen LogP) is 2.76. The van der Waals surface area contributed by atoms with Gasteiger partial charge in [-0.05, 0) is 37.6 Å². The molecule has 3 aromatic rings. The van der Waals surface area contributed by atoms with Gasteiger partial charge in [0.05, 0.1) is 6.04 Å². The first-order chi connectivity index (χ1) is 15.1. The molecular weight excluding hydrogens is 392 g/mol. The highest BCUT2D eigenvalue weighted by atomic mass is 16.5. The van der Waals surface area contributed by atoms with E-state index in [1.54, 1.807) is 12.4 Å². The molecule has 0 saturated carbocycles. The highest BCUT2D eigenvalue weighted by Crippen LogP contribution is 2.47. The molecule has 0 bridgehead atoms. The second-order valence-electron chi connectivity index (χ2n) is 8.65. The van der Waals surface area contributed by atoms with E-state index in [0.717, 1.165) is 38.0 Å². The second-order valence-corrected chi connectivity index (χ2v) is 8.65. The minimum atomic E-state index is 0.0189. The van der Waals surface area contributed by atoms with Crippen molar-refractivity contribution in [3.63, 3.8) is 0 Å². The average molecular weight is 419 g/mol. The smallest absolute Gasteiger partial charge is 0.317 e. The minimum absolute atomic E-state index is 0.0189. The van der Waals surface area contributed by atoms with Gasteiger partial charge in [0, 0.05) is 49.6 Å². The molecule has 4 heterocycles. The molecule has 1 N–H and O–H groups in total. The van der Waals surface area contributed by atoms with Gasteiger partial charge in [0.1, 0.15) is 0 Å². The van der Waals surface area contributed by atoms with Crippen molar-refractivity contribution in [1.82, 2.24) is 30.2 Å². The molecule has 2 amide bonds. The first-order valence-corrected chi connectivity index (χ1v) is 10.6. The zero-order valence-corrected chi connectivity index (χ0v) is 17.6. The monoisotopic (exact) mass is 418 g/mol. The summed E-state index contributed by atoms with van der Waals surface area (Å²) in [4.78, 5) is 25.3. The molecule has 8 heteroatoms. The number of carbonyl (C=O) groups is 1. The molecule has 1 atom stereocenters. The molecule has 2 aromatic heterocycles. The molecule has 1 unspecified atom stereocenters. The Morgan fingerprint density at radius 2 is 1.94 bits per heavy atom. The Hall–Kier alpha value is -3.26. The number of nitrogens with zero attached hydrogens (tertiary/aromatic N) is 5. The van der Waals surface area contributed by atoms with Crippen molar-refractivity contribution < 1.29 is 9.32 Å². The Morgan fingerprint density at radius 3 is 2.71 bits per heavy atom. The summed E-state index contributed by atoms with van der Waals surface area (Å²) in [5.74, 6) is 1.22. The molecule has 8 nitrogen and oxygen atoms in total. The van der Waals surface area contributed by atoms with Crippen molar-refractivity contribution in [2.45, 2.75) is 18.9 Å². The molecule has 2 aliphatic rings. The molecule has 31 heavy (non-hydrogen) atoms. The van der Waals surface area contributed by atoms with E-state index < -0.39 is 0 Å². The molecule has 2 saturated heterocycles. The van der Waals surface area contributed by atoms with E-state index in [0.29, 0.717) is 18.3 Å². The molecule has 160 valence electrons. The Kier molecular flexibility index (Phi) is 5.15. The third-order valence-electron chi connectivity index (χ3n) is 6.28. The van der Waals surface area contributed by atoms with Gasteiger partial charge >= 0.3 is 6.03 Å². The molecule has 1 aromatic carbocycles. The fraction of sp³-hybridized carbons (Fsp3) is 0.391. The van der Waals surface area contributed by atoms with Gasteiger partial charge in [0.15, 0.2) is 0 Å². The van der Waals surface area contributed by atoms with Crippen LogP contribution in [0.3, 0.4) is 0 Å². The van der Waals surface area contributed by atoms with Crippen LogP contribution in [0.1, 0.15) is 23.9 Å². The number of rotatable bonds is 5. The van der Waals surface area contributed by atoms with Crippen molar-refractivity contribution in [2.24, 2.45) is 5.41 Å². The van der Waals surface area contributed by atoms with Crippen LogP contribution >= 0.6 is 0 Å². The van der Waals surface area contributed by atoms with Crippen LogP contribution in [-0.4, -0.2) is 64.2 Å². The fourth-order valence-corrected chi connectivity index (χ4v) is 4.74.